The Hall–Kier alpha value is -1.19. The molecule has 0 aliphatic rings. The van der Waals surface area contributed by atoms with Crippen LogP contribution in [-0.2, 0) is 6.42 Å². The lowest BCUT2D eigenvalue weighted by Crippen LogP contribution is -2.13. The zero-order chi connectivity index (χ0) is 10.8. The summed E-state index contributed by atoms with van der Waals surface area (Å²) < 4.78 is 42.9. The molecule has 0 fully saturated rings. The summed E-state index contributed by atoms with van der Waals surface area (Å²) in [6, 6.07) is 3.84. The normalized spacial score (nSPS) is 11.5. The highest BCUT2D eigenvalue weighted by Crippen LogP contribution is 2.23. The van der Waals surface area contributed by atoms with E-state index in [2.05, 4.69) is 4.74 Å². The summed E-state index contributed by atoms with van der Waals surface area (Å²) >= 11 is 0. The summed E-state index contributed by atoms with van der Waals surface area (Å²) in [6.07, 6.45) is -0.464. The Morgan fingerprint density at radius 1 is 1.36 bits per heavy atom. The maximum absolute atomic E-state index is 13.1. The van der Waals surface area contributed by atoms with Gasteiger partial charge in [0.25, 0.3) is 0 Å². The molecule has 0 unspecified atom stereocenters. The van der Waals surface area contributed by atoms with Crippen LogP contribution in [0.3, 0.4) is 0 Å². The van der Waals surface area contributed by atoms with Crippen LogP contribution in [0.4, 0.5) is 13.2 Å². The lowest BCUT2D eigenvalue weighted by atomic mass is 10.1. The molecule has 0 aliphatic carbocycles. The van der Waals surface area contributed by atoms with E-state index < -0.39 is 18.2 Å². The molecule has 1 nitrogen and oxygen atoms in total. The number of hydrogen-bond acceptors (Lipinski definition) is 1. The van der Waals surface area contributed by atoms with Crippen molar-refractivity contribution in [2.75, 3.05) is 7.11 Å². The summed E-state index contributed by atoms with van der Waals surface area (Å²) in [5.74, 6) is -3.37. The van der Waals surface area contributed by atoms with Crippen molar-refractivity contribution in [1.82, 2.24) is 0 Å². The van der Waals surface area contributed by atoms with E-state index in [0.29, 0.717) is 0 Å². The Labute approximate surface area is 80.5 Å². The number of ether oxygens (including phenoxy) is 1. The molecule has 0 radical (unpaired) electrons. The van der Waals surface area contributed by atoms with E-state index in [1.807, 2.05) is 0 Å². The predicted molar refractivity (Wildman–Crippen MR) is 47.3 cm³/mol. The molecule has 0 heterocycles. The van der Waals surface area contributed by atoms with Crippen molar-refractivity contribution >= 4 is 0 Å². The number of hydrogen-bond donors (Lipinski definition) is 0. The second kappa shape index (κ2) is 3.90. The van der Waals surface area contributed by atoms with Crippen LogP contribution in [0.15, 0.2) is 18.2 Å². The van der Waals surface area contributed by atoms with Gasteiger partial charge < -0.3 is 4.74 Å². The van der Waals surface area contributed by atoms with Gasteiger partial charge >= 0.3 is 0 Å². The van der Waals surface area contributed by atoms with Crippen LogP contribution in [0.1, 0.15) is 12.5 Å². The summed E-state index contributed by atoms with van der Waals surface area (Å²) in [6.45, 7) is 0.801. The van der Waals surface area contributed by atoms with Crippen LogP contribution in [0.2, 0.25) is 0 Å². The lowest BCUT2D eigenvalue weighted by molar-refractivity contribution is 0.0225. The Kier molecular flexibility index (Phi) is 3.03. The minimum absolute atomic E-state index is 0.0631. The fraction of sp³-hybridized carbons (Fsp3) is 0.400. The van der Waals surface area contributed by atoms with Gasteiger partial charge in [0.2, 0.25) is 5.92 Å². The molecule has 0 amide bonds. The van der Waals surface area contributed by atoms with Gasteiger partial charge in [0.1, 0.15) is 0 Å². The number of halogens is 3. The molecule has 14 heavy (non-hydrogen) atoms. The minimum atomic E-state index is -2.82. The molecule has 0 N–H and O–H groups in total. The Morgan fingerprint density at radius 3 is 2.43 bits per heavy atom. The first kappa shape index (κ1) is 10.9. The van der Waals surface area contributed by atoms with Gasteiger partial charge in [-0.1, -0.05) is 6.07 Å². The van der Waals surface area contributed by atoms with Gasteiger partial charge in [0, 0.05) is 6.42 Å². The SMILES string of the molecule is COc1ccc(CC(C)(F)F)cc1F. The second-order valence-electron chi connectivity index (χ2n) is 3.22. The summed E-state index contributed by atoms with van der Waals surface area (Å²) in [5, 5.41) is 0. The molecule has 0 atom stereocenters. The molecule has 4 heteroatoms. The molecule has 1 aromatic carbocycles. The Morgan fingerprint density at radius 2 is 2.00 bits per heavy atom. The van der Waals surface area contributed by atoms with Crippen molar-refractivity contribution in [3.8, 4) is 5.75 Å². The third kappa shape index (κ3) is 2.94. The number of benzene rings is 1. The van der Waals surface area contributed by atoms with E-state index in [9.17, 15) is 13.2 Å². The van der Waals surface area contributed by atoms with Crippen LogP contribution in [0.25, 0.3) is 0 Å². The molecule has 1 rings (SSSR count). The van der Waals surface area contributed by atoms with Crippen LogP contribution in [0, 0.1) is 5.82 Å². The van der Waals surface area contributed by atoms with E-state index >= 15 is 0 Å². The smallest absolute Gasteiger partial charge is 0.249 e. The number of alkyl halides is 2. The van der Waals surface area contributed by atoms with Crippen LogP contribution in [0.5, 0.6) is 5.75 Å². The standard InChI is InChI=1S/C10H11F3O/c1-10(12,13)6-7-3-4-9(14-2)8(11)5-7/h3-5H,6H2,1-2H3. The summed E-state index contributed by atoms with van der Waals surface area (Å²) in [5.41, 5.74) is 0.260. The fourth-order valence-electron chi connectivity index (χ4n) is 1.18. The molecule has 0 aromatic heterocycles. The van der Waals surface area contributed by atoms with Gasteiger partial charge in [0.15, 0.2) is 11.6 Å². The van der Waals surface area contributed by atoms with Crippen LogP contribution >= 0.6 is 0 Å². The molecular weight excluding hydrogens is 193 g/mol. The molecule has 0 aliphatic heterocycles. The largest absolute Gasteiger partial charge is 0.494 e. The van der Waals surface area contributed by atoms with Crippen LogP contribution in [-0.4, -0.2) is 13.0 Å². The van der Waals surface area contributed by atoms with Crippen molar-refractivity contribution in [3.05, 3.63) is 29.6 Å². The Balaban J connectivity index is 2.87. The van der Waals surface area contributed by atoms with E-state index in [0.717, 1.165) is 13.0 Å². The van der Waals surface area contributed by atoms with E-state index in [1.54, 1.807) is 0 Å². The zero-order valence-electron chi connectivity index (χ0n) is 7.98. The third-order valence-corrected chi connectivity index (χ3v) is 1.73. The molecule has 0 saturated carbocycles. The second-order valence-corrected chi connectivity index (χ2v) is 3.22. The topological polar surface area (TPSA) is 9.23 Å². The highest BCUT2D eigenvalue weighted by Gasteiger charge is 2.22. The zero-order valence-corrected chi connectivity index (χ0v) is 7.98. The quantitative estimate of drug-likeness (QED) is 0.735. The average Bonchev–Trinajstić information content (AvgIpc) is 2.01. The van der Waals surface area contributed by atoms with Crippen molar-refractivity contribution < 1.29 is 17.9 Å². The van der Waals surface area contributed by atoms with Gasteiger partial charge in [-0.15, -0.1) is 0 Å². The minimum Gasteiger partial charge on any atom is -0.494 e. The molecule has 1 aromatic rings. The van der Waals surface area contributed by atoms with Gasteiger partial charge in [-0.3, -0.25) is 0 Å². The predicted octanol–water partition coefficient (Wildman–Crippen LogP) is 3.03. The Bertz CT molecular complexity index is 318. The van der Waals surface area contributed by atoms with Gasteiger partial charge in [0.05, 0.1) is 7.11 Å². The first-order valence-corrected chi connectivity index (χ1v) is 4.12. The average molecular weight is 204 g/mol. The molecular formula is C10H11F3O. The molecule has 0 spiro atoms. The lowest BCUT2D eigenvalue weighted by Gasteiger charge is -2.10. The molecule has 0 bridgehead atoms. The first-order valence-electron chi connectivity index (χ1n) is 4.12. The molecule has 0 saturated heterocycles. The highest BCUT2D eigenvalue weighted by molar-refractivity contribution is 5.29. The fourth-order valence-corrected chi connectivity index (χ4v) is 1.18. The first-order chi connectivity index (χ1) is 6.42. The monoisotopic (exact) mass is 204 g/mol. The van der Waals surface area contributed by atoms with Crippen molar-refractivity contribution in [2.45, 2.75) is 19.3 Å². The van der Waals surface area contributed by atoms with E-state index in [-0.39, 0.29) is 11.3 Å². The van der Waals surface area contributed by atoms with Gasteiger partial charge in [-0.25, -0.2) is 13.2 Å². The third-order valence-electron chi connectivity index (χ3n) is 1.73. The maximum atomic E-state index is 13.1. The van der Waals surface area contributed by atoms with Crippen molar-refractivity contribution in [2.24, 2.45) is 0 Å². The van der Waals surface area contributed by atoms with Crippen molar-refractivity contribution in [3.63, 3.8) is 0 Å². The maximum Gasteiger partial charge on any atom is 0.249 e. The van der Waals surface area contributed by atoms with E-state index in [1.165, 1.54) is 19.2 Å². The summed E-state index contributed by atoms with van der Waals surface area (Å²) in [7, 11) is 1.33. The number of methoxy groups -OCH3 is 1. The summed E-state index contributed by atoms with van der Waals surface area (Å²) in [4.78, 5) is 0. The molecule has 78 valence electrons. The van der Waals surface area contributed by atoms with E-state index in [4.69, 9.17) is 0 Å². The van der Waals surface area contributed by atoms with Gasteiger partial charge in [-0.2, -0.15) is 0 Å². The van der Waals surface area contributed by atoms with Crippen LogP contribution < -0.4 is 4.74 Å². The van der Waals surface area contributed by atoms with Crippen molar-refractivity contribution in [1.29, 1.82) is 0 Å². The highest BCUT2D eigenvalue weighted by atomic mass is 19.3. The van der Waals surface area contributed by atoms with Gasteiger partial charge in [-0.05, 0) is 24.6 Å². The number of rotatable bonds is 3.